The second-order valence-corrected chi connectivity index (χ2v) is 10.3. The van der Waals surface area contributed by atoms with Gasteiger partial charge in [-0.05, 0) is 66.1 Å². The number of amides is 1. The van der Waals surface area contributed by atoms with Crippen LogP contribution >= 0.6 is 0 Å². The Morgan fingerprint density at radius 3 is 2.21 bits per heavy atom. The highest BCUT2D eigenvalue weighted by Gasteiger charge is 2.37. The smallest absolute Gasteiger partial charge is 0.341 e. The Morgan fingerprint density at radius 2 is 1.58 bits per heavy atom. The summed E-state index contributed by atoms with van der Waals surface area (Å²) in [6, 6.07) is 14.8. The second kappa shape index (κ2) is 11.3. The molecule has 11 heteroatoms. The van der Waals surface area contributed by atoms with Crippen LogP contribution in [0.2, 0.25) is 0 Å². The molecule has 0 radical (unpaired) electrons. The van der Waals surface area contributed by atoms with Crippen molar-refractivity contribution in [3.8, 4) is 23.0 Å². The monoisotopic (exact) mass is 547 g/mol. The molecular formula is C27H27F2NO7S. The maximum atomic E-state index is 13.8. The lowest BCUT2D eigenvalue weighted by molar-refractivity contribution is 0.0585. The number of carbonyl (C=O) groups is 1. The zero-order chi connectivity index (χ0) is 27.4. The molecule has 1 atom stereocenters. The molecule has 1 unspecified atom stereocenters. The molecule has 3 aromatic carbocycles. The van der Waals surface area contributed by atoms with Crippen LogP contribution in [0, 0.1) is 0 Å². The molecule has 1 aliphatic heterocycles. The maximum absolute atomic E-state index is 13.8. The van der Waals surface area contributed by atoms with Gasteiger partial charge in [0.15, 0.2) is 11.5 Å². The lowest BCUT2D eigenvalue weighted by atomic mass is 9.91. The number of halogens is 2. The molecule has 202 valence electrons. The first-order valence-corrected chi connectivity index (χ1v) is 13.2. The summed E-state index contributed by atoms with van der Waals surface area (Å²) in [4.78, 5) is 14.5. The van der Waals surface area contributed by atoms with Crippen molar-refractivity contribution >= 4 is 15.7 Å². The van der Waals surface area contributed by atoms with Crippen LogP contribution in [-0.2, 0) is 16.3 Å². The van der Waals surface area contributed by atoms with Crippen molar-refractivity contribution in [1.82, 2.24) is 4.90 Å². The number of hydrogen-bond acceptors (Lipinski definition) is 7. The molecule has 1 heterocycles. The number of hydrogen-bond donors (Lipinski definition) is 0. The third-order valence-electron chi connectivity index (χ3n) is 6.39. The topological polar surface area (TPSA) is 91.4 Å². The van der Waals surface area contributed by atoms with E-state index in [2.05, 4.69) is 0 Å². The number of methoxy groups -OCH3 is 3. The predicted molar refractivity (Wildman–Crippen MR) is 135 cm³/mol. The average molecular weight is 548 g/mol. The number of fused-ring (bicyclic) bond motifs is 1. The third-order valence-corrected chi connectivity index (χ3v) is 7.83. The van der Waals surface area contributed by atoms with Gasteiger partial charge in [0, 0.05) is 6.54 Å². The highest BCUT2D eigenvalue weighted by molar-refractivity contribution is 7.91. The van der Waals surface area contributed by atoms with E-state index < -0.39 is 32.4 Å². The minimum atomic E-state index is -5.01. The van der Waals surface area contributed by atoms with Crippen LogP contribution in [0.1, 0.15) is 27.5 Å². The van der Waals surface area contributed by atoms with Crippen LogP contribution in [-0.4, -0.2) is 59.5 Å². The van der Waals surface area contributed by atoms with Gasteiger partial charge < -0.3 is 23.8 Å². The molecule has 0 aliphatic carbocycles. The zero-order valence-electron chi connectivity index (χ0n) is 21.0. The first kappa shape index (κ1) is 27.2. The molecule has 0 fully saturated rings. The number of sulfone groups is 1. The molecule has 3 aromatic rings. The van der Waals surface area contributed by atoms with E-state index in [-0.39, 0.29) is 18.7 Å². The Bertz CT molecular complexity index is 1410. The van der Waals surface area contributed by atoms with Crippen molar-refractivity contribution in [1.29, 1.82) is 0 Å². The fourth-order valence-electron chi connectivity index (χ4n) is 4.44. The van der Waals surface area contributed by atoms with E-state index in [0.29, 0.717) is 35.0 Å². The van der Waals surface area contributed by atoms with Gasteiger partial charge in [-0.15, -0.1) is 0 Å². The minimum Gasteiger partial charge on any atom is -0.497 e. The highest BCUT2D eigenvalue weighted by Crippen LogP contribution is 2.39. The van der Waals surface area contributed by atoms with Crippen molar-refractivity contribution < 1.29 is 40.9 Å². The lowest BCUT2D eigenvalue weighted by Gasteiger charge is -2.38. The molecule has 38 heavy (non-hydrogen) atoms. The minimum absolute atomic E-state index is 0.00428. The molecule has 1 aliphatic rings. The van der Waals surface area contributed by atoms with Gasteiger partial charge >= 0.3 is 5.76 Å². The summed E-state index contributed by atoms with van der Waals surface area (Å²) in [6.07, 6.45) is 0.421. The highest BCUT2D eigenvalue weighted by atomic mass is 32.2. The Morgan fingerprint density at radius 1 is 0.947 bits per heavy atom. The second-order valence-electron chi connectivity index (χ2n) is 8.46. The van der Waals surface area contributed by atoms with E-state index in [9.17, 15) is 22.0 Å². The number of benzene rings is 3. The van der Waals surface area contributed by atoms with Gasteiger partial charge in [0.25, 0.3) is 5.91 Å². The molecule has 0 N–H and O–H groups in total. The lowest BCUT2D eigenvalue weighted by Crippen LogP contribution is -2.43. The first-order valence-electron chi connectivity index (χ1n) is 11.6. The molecule has 8 nitrogen and oxygen atoms in total. The standard InChI is InChI=1S/C27H27F2NO7S/c1-34-18-8-10-19(11-9-18)37-16-22-21-15-24(36-3)23(35-2)14-17(21)12-13-30(22)26(31)20-6-4-5-7-25(20)38(32,33)27(28)29/h4-11,14-15,22,27H,12-13,16H2,1-3H3. The van der Waals surface area contributed by atoms with Crippen LogP contribution in [0.3, 0.4) is 0 Å². The molecule has 0 bridgehead atoms. The van der Waals surface area contributed by atoms with E-state index in [1.54, 1.807) is 37.4 Å². The molecule has 4 rings (SSSR count). The van der Waals surface area contributed by atoms with Crippen molar-refractivity contribution in [2.45, 2.75) is 23.1 Å². The van der Waals surface area contributed by atoms with Crippen LogP contribution in [0.4, 0.5) is 8.78 Å². The summed E-state index contributed by atoms with van der Waals surface area (Å²) >= 11 is 0. The third kappa shape index (κ3) is 5.24. The molecular weight excluding hydrogens is 520 g/mol. The number of carbonyl (C=O) groups excluding carboxylic acids is 1. The average Bonchev–Trinajstić information content (AvgIpc) is 2.94. The molecule has 1 amide bonds. The summed E-state index contributed by atoms with van der Waals surface area (Å²) in [7, 11) is -0.452. The summed E-state index contributed by atoms with van der Waals surface area (Å²) < 4.78 is 73.6. The van der Waals surface area contributed by atoms with Crippen molar-refractivity contribution in [2.24, 2.45) is 0 Å². The number of alkyl halides is 2. The number of nitrogens with zero attached hydrogens (tertiary/aromatic N) is 1. The largest absolute Gasteiger partial charge is 0.497 e. The van der Waals surface area contributed by atoms with E-state index in [1.807, 2.05) is 6.07 Å². The molecule has 0 aromatic heterocycles. The normalized spacial score (nSPS) is 15.1. The SMILES string of the molecule is COc1ccc(OCC2c3cc(OC)c(OC)cc3CCN2C(=O)c2ccccc2S(=O)(=O)C(F)F)cc1. The predicted octanol–water partition coefficient (Wildman–Crippen LogP) is 4.53. The van der Waals surface area contributed by atoms with Gasteiger partial charge in [-0.2, -0.15) is 8.78 Å². The van der Waals surface area contributed by atoms with Crippen LogP contribution in [0.25, 0.3) is 0 Å². The Hall–Kier alpha value is -3.86. The van der Waals surface area contributed by atoms with Gasteiger partial charge in [-0.25, -0.2) is 8.42 Å². The van der Waals surface area contributed by atoms with E-state index in [1.165, 1.54) is 37.3 Å². The Kier molecular flexibility index (Phi) is 8.05. The van der Waals surface area contributed by atoms with Crippen molar-refractivity contribution in [3.05, 3.63) is 77.4 Å². The Balaban J connectivity index is 1.76. The van der Waals surface area contributed by atoms with Crippen LogP contribution < -0.4 is 18.9 Å². The molecule has 0 saturated carbocycles. The van der Waals surface area contributed by atoms with Gasteiger partial charge in [-0.1, -0.05) is 12.1 Å². The summed E-state index contributed by atoms with van der Waals surface area (Å²) in [5.74, 6) is -2.24. The summed E-state index contributed by atoms with van der Waals surface area (Å²) in [5, 5.41) is 0. The van der Waals surface area contributed by atoms with Gasteiger partial charge in [-0.3, -0.25) is 4.79 Å². The first-order chi connectivity index (χ1) is 18.2. The van der Waals surface area contributed by atoms with Crippen LogP contribution in [0.15, 0.2) is 65.6 Å². The fraction of sp³-hybridized carbons (Fsp3) is 0.296. The van der Waals surface area contributed by atoms with Crippen LogP contribution in [0.5, 0.6) is 23.0 Å². The van der Waals surface area contributed by atoms with E-state index >= 15 is 0 Å². The van der Waals surface area contributed by atoms with Gasteiger partial charge in [0.2, 0.25) is 9.84 Å². The number of rotatable bonds is 9. The molecule has 0 spiro atoms. The van der Waals surface area contributed by atoms with E-state index in [0.717, 1.165) is 11.6 Å². The maximum Gasteiger partial charge on any atom is 0.341 e. The fourth-order valence-corrected chi connectivity index (χ4v) is 5.36. The van der Waals surface area contributed by atoms with Crippen molar-refractivity contribution in [2.75, 3.05) is 34.5 Å². The van der Waals surface area contributed by atoms with Crippen molar-refractivity contribution in [3.63, 3.8) is 0 Å². The van der Waals surface area contributed by atoms with E-state index in [4.69, 9.17) is 18.9 Å². The molecule has 0 saturated heterocycles. The van der Waals surface area contributed by atoms with Gasteiger partial charge in [0.05, 0.1) is 37.8 Å². The quantitative estimate of drug-likeness (QED) is 0.389. The zero-order valence-corrected chi connectivity index (χ0v) is 21.8. The Labute approximate surface area is 219 Å². The summed E-state index contributed by atoms with van der Waals surface area (Å²) in [5.41, 5.74) is 1.28. The van der Waals surface area contributed by atoms with Gasteiger partial charge in [0.1, 0.15) is 18.1 Å². The summed E-state index contributed by atoms with van der Waals surface area (Å²) in [6.45, 7) is 0.200. The number of ether oxygens (including phenoxy) is 4.